The van der Waals surface area contributed by atoms with Crippen molar-refractivity contribution in [1.82, 2.24) is 0 Å². The van der Waals surface area contributed by atoms with Crippen molar-refractivity contribution in [3.63, 3.8) is 0 Å². The number of benzene rings is 4. The van der Waals surface area contributed by atoms with Gasteiger partial charge in [-0.25, -0.2) is 0 Å². The van der Waals surface area contributed by atoms with Crippen LogP contribution in [0.15, 0.2) is 97.1 Å². The third-order valence-corrected chi connectivity index (χ3v) is 7.24. The minimum atomic E-state index is -0.0386. The first-order chi connectivity index (χ1) is 15.2. The molecular formula is C31H26. The Morgan fingerprint density at radius 1 is 0.742 bits per heavy atom. The lowest BCUT2D eigenvalue weighted by Gasteiger charge is -2.33. The molecule has 0 radical (unpaired) electrons. The Morgan fingerprint density at radius 2 is 1.52 bits per heavy atom. The molecule has 0 nitrogen and oxygen atoms in total. The minimum Gasteiger partial charge on any atom is -0.0732 e. The van der Waals surface area contributed by atoms with Gasteiger partial charge in [-0.1, -0.05) is 111 Å². The standard InChI is InChI=1S/C31H26/c1-3-21-16-17-27-25-18-19-31(2,20-28(25)26-14-9-13-24(21)30(26)27)29-15-8-7-12-23(29)22-10-5-4-6-11-22/h4-19H,3,20H2,1-2H3. The summed E-state index contributed by atoms with van der Waals surface area (Å²) in [5, 5.41) is 2.88. The highest BCUT2D eigenvalue weighted by Crippen LogP contribution is 2.52. The van der Waals surface area contributed by atoms with Crippen molar-refractivity contribution in [3.05, 3.63) is 119 Å². The number of allylic oxidation sites excluding steroid dienone is 4. The highest BCUT2D eigenvalue weighted by atomic mass is 14.4. The van der Waals surface area contributed by atoms with Gasteiger partial charge in [-0.15, -0.1) is 0 Å². The van der Waals surface area contributed by atoms with Crippen LogP contribution in [0.2, 0.25) is 0 Å². The van der Waals surface area contributed by atoms with Gasteiger partial charge in [0, 0.05) is 5.41 Å². The van der Waals surface area contributed by atoms with Crippen molar-refractivity contribution in [2.75, 3.05) is 0 Å². The Bertz CT molecular complexity index is 1380. The largest absolute Gasteiger partial charge is 0.0732 e. The molecule has 0 heteroatoms. The molecule has 6 rings (SSSR count). The first-order valence-corrected chi connectivity index (χ1v) is 11.3. The lowest BCUT2D eigenvalue weighted by molar-refractivity contribution is 0.613. The van der Waals surface area contributed by atoms with Gasteiger partial charge in [0.1, 0.15) is 0 Å². The zero-order chi connectivity index (χ0) is 21.0. The maximum atomic E-state index is 2.44. The van der Waals surface area contributed by atoms with Crippen LogP contribution in [0.4, 0.5) is 0 Å². The molecular weight excluding hydrogens is 372 g/mol. The van der Waals surface area contributed by atoms with Crippen LogP contribution in [0.5, 0.6) is 0 Å². The summed E-state index contributed by atoms with van der Waals surface area (Å²) in [5.74, 6) is 0. The monoisotopic (exact) mass is 398 g/mol. The van der Waals surface area contributed by atoms with Gasteiger partial charge in [0.2, 0.25) is 0 Å². The molecule has 0 heterocycles. The van der Waals surface area contributed by atoms with E-state index in [4.69, 9.17) is 0 Å². The highest BCUT2D eigenvalue weighted by molar-refractivity contribution is 6.17. The van der Waals surface area contributed by atoms with Gasteiger partial charge in [-0.05, 0) is 68.1 Å². The molecule has 2 aliphatic carbocycles. The zero-order valence-corrected chi connectivity index (χ0v) is 18.2. The Balaban J connectivity index is 1.50. The summed E-state index contributed by atoms with van der Waals surface area (Å²) >= 11 is 0. The second-order valence-corrected chi connectivity index (χ2v) is 9.09. The Kier molecular flexibility index (Phi) is 4.05. The van der Waals surface area contributed by atoms with Gasteiger partial charge in [-0.2, -0.15) is 0 Å². The Hall–Kier alpha value is -3.38. The molecule has 0 bridgehead atoms. The summed E-state index contributed by atoms with van der Waals surface area (Å²) in [7, 11) is 0. The average Bonchev–Trinajstić information content (AvgIpc) is 3.14. The SMILES string of the molecule is CCc1ccc2c3c(cccc13)C1=C2C=CC(C)(c2ccccc2-c2ccccc2)C1. The third kappa shape index (κ3) is 2.68. The summed E-state index contributed by atoms with van der Waals surface area (Å²) in [6.45, 7) is 4.65. The molecule has 0 aliphatic heterocycles. The molecule has 0 saturated heterocycles. The molecule has 2 aliphatic rings. The number of hydrogen-bond donors (Lipinski definition) is 0. The van der Waals surface area contributed by atoms with Crippen molar-refractivity contribution in [3.8, 4) is 11.1 Å². The number of aryl methyl sites for hydroxylation is 1. The maximum absolute atomic E-state index is 2.44. The Morgan fingerprint density at radius 3 is 2.35 bits per heavy atom. The van der Waals surface area contributed by atoms with Crippen LogP contribution < -0.4 is 0 Å². The van der Waals surface area contributed by atoms with E-state index in [2.05, 4.69) is 111 Å². The summed E-state index contributed by atoms with van der Waals surface area (Å²) in [4.78, 5) is 0. The molecule has 1 unspecified atom stereocenters. The number of rotatable bonds is 3. The van der Waals surface area contributed by atoms with Crippen molar-refractivity contribution >= 4 is 21.9 Å². The van der Waals surface area contributed by atoms with E-state index >= 15 is 0 Å². The minimum absolute atomic E-state index is 0.0386. The van der Waals surface area contributed by atoms with Crippen molar-refractivity contribution in [1.29, 1.82) is 0 Å². The van der Waals surface area contributed by atoms with E-state index in [0.29, 0.717) is 0 Å². The first kappa shape index (κ1) is 18.4. The van der Waals surface area contributed by atoms with Crippen molar-refractivity contribution in [2.24, 2.45) is 0 Å². The van der Waals surface area contributed by atoms with Crippen LogP contribution in [0.3, 0.4) is 0 Å². The average molecular weight is 399 g/mol. The van der Waals surface area contributed by atoms with E-state index < -0.39 is 0 Å². The van der Waals surface area contributed by atoms with E-state index in [1.165, 1.54) is 55.3 Å². The van der Waals surface area contributed by atoms with Crippen LogP contribution in [0.1, 0.15) is 42.5 Å². The lowest BCUT2D eigenvalue weighted by Crippen LogP contribution is -2.22. The quantitative estimate of drug-likeness (QED) is 0.326. The van der Waals surface area contributed by atoms with Gasteiger partial charge in [-0.3, -0.25) is 0 Å². The summed E-state index contributed by atoms with van der Waals surface area (Å²) in [6.07, 6.45) is 6.93. The number of fused-ring (bicyclic) bond motifs is 2. The molecule has 4 aromatic carbocycles. The fourth-order valence-corrected chi connectivity index (χ4v) is 5.67. The predicted molar refractivity (Wildman–Crippen MR) is 133 cm³/mol. The van der Waals surface area contributed by atoms with E-state index in [0.717, 1.165) is 12.8 Å². The first-order valence-electron chi connectivity index (χ1n) is 11.3. The normalized spacial score (nSPS) is 19.2. The van der Waals surface area contributed by atoms with E-state index in [-0.39, 0.29) is 5.41 Å². The lowest BCUT2D eigenvalue weighted by atomic mass is 9.70. The van der Waals surface area contributed by atoms with Crippen LogP contribution in [-0.4, -0.2) is 0 Å². The molecule has 0 fully saturated rings. The van der Waals surface area contributed by atoms with Crippen LogP contribution in [0, 0.1) is 0 Å². The van der Waals surface area contributed by atoms with Gasteiger partial charge < -0.3 is 0 Å². The van der Waals surface area contributed by atoms with Crippen LogP contribution >= 0.6 is 0 Å². The predicted octanol–water partition coefficient (Wildman–Crippen LogP) is 8.21. The fourth-order valence-electron chi connectivity index (χ4n) is 5.67. The molecule has 0 amide bonds. The van der Waals surface area contributed by atoms with Gasteiger partial charge in [0.25, 0.3) is 0 Å². The van der Waals surface area contributed by atoms with Crippen LogP contribution in [0.25, 0.3) is 33.0 Å². The van der Waals surface area contributed by atoms with Crippen molar-refractivity contribution < 1.29 is 0 Å². The van der Waals surface area contributed by atoms with Crippen molar-refractivity contribution in [2.45, 2.75) is 32.1 Å². The van der Waals surface area contributed by atoms with E-state index in [9.17, 15) is 0 Å². The number of hydrogen-bond acceptors (Lipinski definition) is 0. The van der Waals surface area contributed by atoms with E-state index in [1.807, 2.05) is 0 Å². The van der Waals surface area contributed by atoms with Crippen LogP contribution in [-0.2, 0) is 11.8 Å². The highest BCUT2D eigenvalue weighted by Gasteiger charge is 2.35. The van der Waals surface area contributed by atoms with Gasteiger partial charge >= 0.3 is 0 Å². The second kappa shape index (κ2) is 6.82. The van der Waals surface area contributed by atoms with E-state index in [1.54, 1.807) is 0 Å². The van der Waals surface area contributed by atoms with Gasteiger partial charge in [0.05, 0.1) is 0 Å². The fraction of sp³-hybridized carbons (Fsp3) is 0.161. The molecule has 0 saturated carbocycles. The molecule has 1 atom stereocenters. The summed E-state index contributed by atoms with van der Waals surface area (Å²) in [6, 6.07) is 31.3. The topological polar surface area (TPSA) is 0 Å². The summed E-state index contributed by atoms with van der Waals surface area (Å²) < 4.78 is 0. The molecule has 31 heavy (non-hydrogen) atoms. The molecule has 150 valence electrons. The maximum Gasteiger partial charge on any atom is 0.0154 e. The van der Waals surface area contributed by atoms with Gasteiger partial charge in [0.15, 0.2) is 0 Å². The Labute approximate surface area is 184 Å². The second-order valence-electron chi connectivity index (χ2n) is 9.09. The third-order valence-electron chi connectivity index (χ3n) is 7.24. The molecule has 0 spiro atoms. The smallest absolute Gasteiger partial charge is 0.0154 e. The summed E-state index contributed by atoms with van der Waals surface area (Å²) in [5.41, 5.74) is 11.2. The zero-order valence-electron chi connectivity index (χ0n) is 18.2. The molecule has 0 N–H and O–H groups in total. The molecule has 0 aromatic heterocycles. The molecule has 4 aromatic rings.